The smallest absolute Gasteiger partial charge is 0.272 e. The van der Waals surface area contributed by atoms with Gasteiger partial charge in [0.05, 0.1) is 6.20 Å². The lowest BCUT2D eigenvalue weighted by molar-refractivity contribution is 0.0947. The number of carbonyl (C=O) groups excluding carboxylic acids is 1. The van der Waals surface area contributed by atoms with Crippen molar-refractivity contribution >= 4 is 17.1 Å². The molecular formula is C26H23FN8O. The molecule has 1 fully saturated rings. The highest BCUT2D eigenvalue weighted by atomic mass is 19.1. The molecule has 9 nitrogen and oxygen atoms in total. The summed E-state index contributed by atoms with van der Waals surface area (Å²) in [5.41, 5.74) is 3.24. The van der Waals surface area contributed by atoms with Crippen molar-refractivity contribution in [2.24, 2.45) is 0 Å². The number of pyridine rings is 1. The molecular weight excluding hydrogens is 459 g/mol. The van der Waals surface area contributed by atoms with Gasteiger partial charge >= 0.3 is 0 Å². The number of nitrogens with one attached hydrogen (secondary N) is 2. The summed E-state index contributed by atoms with van der Waals surface area (Å²) in [4.78, 5) is 33.5. The van der Waals surface area contributed by atoms with Crippen LogP contribution in [0, 0.1) is 5.82 Å². The van der Waals surface area contributed by atoms with Gasteiger partial charge in [-0.2, -0.15) is 5.10 Å². The van der Waals surface area contributed by atoms with Gasteiger partial charge in [0.25, 0.3) is 5.91 Å². The van der Waals surface area contributed by atoms with E-state index in [2.05, 4.69) is 35.3 Å². The lowest BCUT2D eigenvalue weighted by Gasteiger charge is -2.08. The largest absolute Gasteiger partial charge is 0.347 e. The van der Waals surface area contributed by atoms with Crippen LogP contribution in [0.1, 0.15) is 53.5 Å². The first-order valence-corrected chi connectivity index (χ1v) is 11.9. The lowest BCUT2D eigenvalue weighted by atomic mass is 10.1. The normalized spacial score (nSPS) is 13.9. The maximum atomic E-state index is 14.5. The van der Waals surface area contributed by atoms with Gasteiger partial charge in [0, 0.05) is 30.4 Å². The first kappa shape index (κ1) is 22.0. The second kappa shape index (κ2) is 9.29. The van der Waals surface area contributed by atoms with Crippen molar-refractivity contribution in [1.29, 1.82) is 0 Å². The molecule has 5 aromatic rings. The molecule has 0 saturated heterocycles. The predicted octanol–water partition coefficient (Wildman–Crippen LogP) is 4.33. The number of rotatable bonds is 6. The monoisotopic (exact) mass is 482 g/mol. The van der Waals surface area contributed by atoms with Crippen LogP contribution in [0.5, 0.6) is 0 Å². The molecule has 0 bridgehead atoms. The second-order valence-electron chi connectivity index (χ2n) is 8.92. The quantitative estimate of drug-likeness (QED) is 0.372. The van der Waals surface area contributed by atoms with Crippen molar-refractivity contribution in [3.05, 3.63) is 84.2 Å². The number of aromatic nitrogens is 7. The third-order valence-electron chi connectivity index (χ3n) is 6.47. The summed E-state index contributed by atoms with van der Waals surface area (Å²) in [6.45, 7) is 0.132. The Hall–Kier alpha value is -4.47. The molecule has 1 aromatic carbocycles. The van der Waals surface area contributed by atoms with Crippen molar-refractivity contribution in [3.63, 3.8) is 0 Å². The number of halogens is 1. The average Bonchev–Trinajstić information content (AvgIpc) is 3.67. The fourth-order valence-corrected chi connectivity index (χ4v) is 4.68. The highest BCUT2D eigenvalue weighted by Gasteiger charge is 2.23. The Morgan fingerprint density at radius 1 is 1.11 bits per heavy atom. The van der Waals surface area contributed by atoms with Crippen molar-refractivity contribution in [2.75, 3.05) is 0 Å². The van der Waals surface area contributed by atoms with E-state index in [0.717, 1.165) is 24.2 Å². The summed E-state index contributed by atoms with van der Waals surface area (Å²) < 4.78 is 16.1. The molecule has 1 aliphatic rings. The number of amides is 1. The summed E-state index contributed by atoms with van der Waals surface area (Å²) in [5.74, 6) is 1.11. The van der Waals surface area contributed by atoms with Gasteiger partial charge in [-0.15, -0.1) is 0 Å². The zero-order chi connectivity index (χ0) is 24.5. The van der Waals surface area contributed by atoms with E-state index in [-0.39, 0.29) is 18.1 Å². The summed E-state index contributed by atoms with van der Waals surface area (Å²) in [7, 11) is 0. The molecule has 1 amide bonds. The molecule has 1 saturated carbocycles. The molecule has 0 unspecified atom stereocenters. The van der Waals surface area contributed by atoms with Gasteiger partial charge in [-0.05, 0) is 54.3 Å². The summed E-state index contributed by atoms with van der Waals surface area (Å²) in [5, 5.41) is 7.18. The molecule has 6 rings (SSSR count). The fourth-order valence-electron chi connectivity index (χ4n) is 4.68. The van der Waals surface area contributed by atoms with Gasteiger partial charge in [-0.1, -0.05) is 18.9 Å². The maximum Gasteiger partial charge on any atom is 0.272 e. The van der Waals surface area contributed by atoms with E-state index in [1.54, 1.807) is 23.3 Å². The molecule has 0 spiro atoms. The Morgan fingerprint density at radius 2 is 2.00 bits per heavy atom. The van der Waals surface area contributed by atoms with Crippen LogP contribution in [-0.4, -0.2) is 40.6 Å². The number of imidazole rings is 1. The van der Waals surface area contributed by atoms with Crippen LogP contribution in [0.2, 0.25) is 0 Å². The van der Waals surface area contributed by atoms with E-state index in [9.17, 15) is 9.18 Å². The van der Waals surface area contributed by atoms with Gasteiger partial charge in [0.2, 0.25) is 0 Å². The number of H-pyrrole nitrogens is 1. The molecule has 0 aliphatic heterocycles. The number of aromatic amines is 1. The minimum absolute atomic E-state index is 0.132. The number of carbonyl (C=O) groups is 1. The van der Waals surface area contributed by atoms with Crippen LogP contribution in [0.15, 0.2) is 61.3 Å². The van der Waals surface area contributed by atoms with Crippen molar-refractivity contribution in [2.45, 2.75) is 38.1 Å². The average molecular weight is 483 g/mol. The Kier molecular flexibility index (Phi) is 5.68. The minimum Gasteiger partial charge on any atom is -0.347 e. The van der Waals surface area contributed by atoms with Crippen molar-refractivity contribution in [1.82, 2.24) is 40.0 Å². The standard InChI is InChI=1S/C26H23FN8O/c27-20-10-16(9-18(11-20)19-13-32-35(14-19)21-7-3-4-8-28-21)12-29-26(36)23-22-25(31-15-30-23)34-24(33-22)17-5-1-2-6-17/h3-4,7-11,13-15,17H,1-2,5-6,12H2,(H,29,36)(H,30,31,33,34). The lowest BCUT2D eigenvalue weighted by Crippen LogP contribution is -2.24. The van der Waals surface area contributed by atoms with Gasteiger partial charge in [-0.3, -0.25) is 4.79 Å². The van der Waals surface area contributed by atoms with E-state index in [4.69, 9.17) is 0 Å². The van der Waals surface area contributed by atoms with Gasteiger partial charge < -0.3 is 10.3 Å². The number of nitrogens with zero attached hydrogens (tertiary/aromatic N) is 6. The maximum absolute atomic E-state index is 14.5. The molecule has 0 radical (unpaired) electrons. The topological polar surface area (TPSA) is 114 Å². The third-order valence-corrected chi connectivity index (χ3v) is 6.47. The molecule has 36 heavy (non-hydrogen) atoms. The number of hydrogen-bond donors (Lipinski definition) is 2. The first-order chi connectivity index (χ1) is 17.6. The van der Waals surface area contributed by atoms with E-state index in [0.29, 0.717) is 34.0 Å². The van der Waals surface area contributed by atoms with E-state index < -0.39 is 5.82 Å². The van der Waals surface area contributed by atoms with Crippen LogP contribution in [-0.2, 0) is 6.54 Å². The van der Waals surface area contributed by atoms with E-state index in [1.807, 2.05) is 24.3 Å². The number of hydrogen-bond acceptors (Lipinski definition) is 6. The summed E-state index contributed by atoms with van der Waals surface area (Å²) in [6.07, 6.45) is 11.0. The second-order valence-corrected chi connectivity index (χ2v) is 8.92. The van der Waals surface area contributed by atoms with Crippen molar-refractivity contribution in [3.8, 4) is 16.9 Å². The minimum atomic E-state index is -0.401. The molecule has 4 aromatic heterocycles. The zero-order valence-corrected chi connectivity index (χ0v) is 19.4. The molecule has 10 heteroatoms. The Balaban J connectivity index is 1.21. The van der Waals surface area contributed by atoms with E-state index >= 15 is 0 Å². The van der Waals surface area contributed by atoms with Crippen LogP contribution in [0.3, 0.4) is 0 Å². The summed E-state index contributed by atoms with van der Waals surface area (Å²) in [6, 6.07) is 10.2. The Bertz CT molecular complexity index is 1540. The predicted molar refractivity (Wildman–Crippen MR) is 131 cm³/mol. The molecule has 2 N–H and O–H groups in total. The highest BCUT2D eigenvalue weighted by molar-refractivity contribution is 6.02. The SMILES string of the molecule is O=C(NCc1cc(F)cc(-c2cnn(-c3ccccn3)c2)c1)c1ncnc2nc(C3CCCC3)[nH]c12. The fraction of sp³-hybridized carbons (Fsp3) is 0.231. The van der Waals surface area contributed by atoms with Crippen molar-refractivity contribution < 1.29 is 9.18 Å². The van der Waals surface area contributed by atoms with Crippen LogP contribution in [0.25, 0.3) is 28.1 Å². The van der Waals surface area contributed by atoms with Crippen LogP contribution < -0.4 is 5.32 Å². The van der Waals surface area contributed by atoms with E-state index in [1.165, 1.54) is 31.3 Å². The zero-order valence-electron chi connectivity index (χ0n) is 19.4. The summed E-state index contributed by atoms with van der Waals surface area (Å²) >= 11 is 0. The molecule has 0 atom stereocenters. The van der Waals surface area contributed by atoms with Crippen LogP contribution in [0.4, 0.5) is 4.39 Å². The van der Waals surface area contributed by atoms with Gasteiger partial charge in [0.15, 0.2) is 17.2 Å². The molecule has 4 heterocycles. The highest BCUT2D eigenvalue weighted by Crippen LogP contribution is 2.33. The first-order valence-electron chi connectivity index (χ1n) is 11.9. The Labute approximate surface area is 205 Å². The Morgan fingerprint density at radius 3 is 2.83 bits per heavy atom. The van der Waals surface area contributed by atoms with Gasteiger partial charge in [0.1, 0.15) is 23.5 Å². The third kappa shape index (κ3) is 4.33. The number of fused-ring (bicyclic) bond motifs is 1. The number of benzene rings is 1. The molecule has 180 valence electrons. The van der Waals surface area contributed by atoms with Crippen LogP contribution >= 0.6 is 0 Å². The molecule has 1 aliphatic carbocycles. The van der Waals surface area contributed by atoms with Gasteiger partial charge in [-0.25, -0.2) is 29.0 Å².